The van der Waals surface area contributed by atoms with E-state index in [0.29, 0.717) is 0 Å². The number of hydrogen-bond acceptors (Lipinski definition) is 4. The summed E-state index contributed by atoms with van der Waals surface area (Å²) in [5.41, 5.74) is 1.35. The van der Waals surface area contributed by atoms with Crippen LogP contribution in [0.3, 0.4) is 0 Å². The van der Waals surface area contributed by atoms with Crippen LogP contribution in [0, 0.1) is 5.92 Å². The third kappa shape index (κ3) is 3.78. The van der Waals surface area contributed by atoms with Gasteiger partial charge >= 0.3 is 0 Å². The average molecular weight is 308 g/mol. The first-order chi connectivity index (χ1) is 10.0. The highest BCUT2D eigenvalue weighted by molar-refractivity contribution is 7.13. The number of fused-ring (bicyclic) bond motifs is 1. The Hall–Kier alpha value is -0.610. The van der Waals surface area contributed by atoms with Gasteiger partial charge in [0.25, 0.3) is 0 Å². The molecule has 1 aromatic rings. The minimum absolute atomic E-state index is 0.156. The fourth-order valence-corrected chi connectivity index (χ4v) is 4.64. The predicted octanol–water partition coefficient (Wildman–Crippen LogP) is 4.19. The molecule has 0 amide bonds. The predicted molar refractivity (Wildman–Crippen MR) is 91.0 cm³/mol. The van der Waals surface area contributed by atoms with E-state index in [0.717, 1.165) is 18.5 Å². The van der Waals surface area contributed by atoms with Crippen molar-refractivity contribution < 1.29 is 0 Å². The van der Waals surface area contributed by atoms with Gasteiger partial charge in [0.2, 0.25) is 0 Å². The molecule has 21 heavy (non-hydrogen) atoms. The van der Waals surface area contributed by atoms with E-state index in [1.807, 2.05) is 11.3 Å². The lowest BCUT2D eigenvalue weighted by atomic mass is 9.78. The van der Waals surface area contributed by atoms with Crippen molar-refractivity contribution in [2.45, 2.75) is 77.4 Å². The standard InChI is InChI=1S/C17H29N3S/c1-17(2,3)18-11-14-12-21-16(19-14)20-10-6-8-13-7-4-5-9-15(13)20/h12-13,15,18H,4-11H2,1-3H3. The average Bonchev–Trinajstić information content (AvgIpc) is 2.92. The number of thiazole rings is 1. The van der Waals surface area contributed by atoms with Crippen LogP contribution in [0.15, 0.2) is 5.38 Å². The molecule has 3 rings (SSSR count). The van der Waals surface area contributed by atoms with Crippen LogP contribution in [-0.2, 0) is 6.54 Å². The van der Waals surface area contributed by atoms with Crippen molar-refractivity contribution in [1.82, 2.24) is 10.3 Å². The molecule has 1 aliphatic heterocycles. The van der Waals surface area contributed by atoms with E-state index in [-0.39, 0.29) is 5.54 Å². The van der Waals surface area contributed by atoms with E-state index in [4.69, 9.17) is 4.98 Å². The van der Waals surface area contributed by atoms with Crippen molar-refractivity contribution in [3.8, 4) is 0 Å². The molecule has 1 saturated carbocycles. The Balaban J connectivity index is 1.67. The van der Waals surface area contributed by atoms with Crippen molar-refractivity contribution in [3.05, 3.63) is 11.1 Å². The summed E-state index contributed by atoms with van der Waals surface area (Å²) >= 11 is 1.84. The third-order valence-electron chi connectivity index (χ3n) is 4.83. The summed E-state index contributed by atoms with van der Waals surface area (Å²) in [5.74, 6) is 0.924. The largest absolute Gasteiger partial charge is 0.345 e. The van der Waals surface area contributed by atoms with Crippen LogP contribution in [0.25, 0.3) is 0 Å². The van der Waals surface area contributed by atoms with Crippen LogP contribution in [0.1, 0.15) is 65.0 Å². The Morgan fingerprint density at radius 3 is 2.81 bits per heavy atom. The van der Waals surface area contributed by atoms with E-state index in [2.05, 4.69) is 36.4 Å². The summed E-state index contributed by atoms with van der Waals surface area (Å²) in [4.78, 5) is 7.53. The van der Waals surface area contributed by atoms with Gasteiger partial charge in [-0.2, -0.15) is 0 Å². The Morgan fingerprint density at radius 1 is 1.24 bits per heavy atom. The van der Waals surface area contributed by atoms with Crippen molar-refractivity contribution in [2.24, 2.45) is 5.92 Å². The van der Waals surface area contributed by atoms with Crippen LogP contribution in [-0.4, -0.2) is 23.1 Å². The van der Waals surface area contributed by atoms with Crippen molar-refractivity contribution in [2.75, 3.05) is 11.4 Å². The summed E-state index contributed by atoms with van der Waals surface area (Å²) in [6.07, 6.45) is 8.43. The van der Waals surface area contributed by atoms with Crippen LogP contribution >= 0.6 is 11.3 Å². The minimum atomic E-state index is 0.156. The van der Waals surface area contributed by atoms with Gasteiger partial charge in [0.15, 0.2) is 5.13 Å². The molecule has 2 heterocycles. The van der Waals surface area contributed by atoms with Gasteiger partial charge in [0.1, 0.15) is 0 Å². The van der Waals surface area contributed by atoms with Crippen LogP contribution < -0.4 is 10.2 Å². The fraction of sp³-hybridized carbons (Fsp3) is 0.824. The molecule has 4 heteroatoms. The second-order valence-corrected chi connectivity index (χ2v) is 8.51. The third-order valence-corrected chi connectivity index (χ3v) is 5.75. The Kier molecular flexibility index (Phi) is 4.55. The molecular weight excluding hydrogens is 278 g/mol. The fourth-order valence-electron chi connectivity index (χ4n) is 3.73. The minimum Gasteiger partial charge on any atom is -0.345 e. The molecule has 0 aromatic carbocycles. The number of aromatic nitrogens is 1. The van der Waals surface area contributed by atoms with E-state index in [1.54, 1.807) is 0 Å². The molecule has 2 fully saturated rings. The van der Waals surface area contributed by atoms with Gasteiger partial charge in [-0.1, -0.05) is 12.8 Å². The van der Waals surface area contributed by atoms with E-state index < -0.39 is 0 Å². The molecule has 2 atom stereocenters. The molecule has 1 saturated heterocycles. The molecule has 0 spiro atoms. The number of hydrogen-bond donors (Lipinski definition) is 1. The van der Waals surface area contributed by atoms with Crippen molar-refractivity contribution >= 4 is 16.5 Å². The maximum absolute atomic E-state index is 4.91. The van der Waals surface area contributed by atoms with Gasteiger partial charge in [-0.05, 0) is 52.4 Å². The summed E-state index contributed by atoms with van der Waals surface area (Å²) in [7, 11) is 0. The SMILES string of the molecule is CC(C)(C)NCc1csc(N2CCCC3CCCCC32)n1. The molecule has 2 aliphatic rings. The van der Waals surface area contributed by atoms with E-state index >= 15 is 0 Å². The molecular formula is C17H29N3S. The van der Waals surface area contributed by atoms with Gasteiger partial charge < -0.3 is 10.2 Å². The zero-order valence-corrected chi connectivity index (χ0v) is 14.5. The summed E-state index contributed by atoms with van der Waals surface area (Å²) in [5, 5.41) is 7.03. The number of nitrogens with zero attached hydrogens (tertiary/aromatic N) is 2. The molecule has 2 unspecified atom stereocenters. The summed E-state index contributed by atoms with van der Waals surface area (Å²) < 4.78 is 0. The molecule has 3 nitrogen and oxygen atoms in total. The molecule has 1 aromatic heterocycles. The lowest BCUT2D eigenvalue weighted by Crippen LogP contribution is -2.46. The van der Waals surface area contributed by atoms with Gasteiger partial charge in [0, 0.05) is 30.1 Å². The highest BCUT2D eigenvalue weighted by Crippen LogP contribution is 2.38. The van der Waals surface area contributed by atoms with Crippen molar-refractivity contribution in [3.63, 3.8) is 0 Å². The number of rotatable bonds is 3. The highest BCUT2D eigenvalue weighted by atomic mass is 32.1. The highest BCUT2D eigenvalue weighted by Gasteiger charge is 2.34. The number of piperidine rings is 1. The molecule has 0 bridgehead atoms. The zero-order chi connectivity index (χ0) is 14.9. The Morgan fingerprint density at radius 2 is 2.00 bits per heavy atom. The maximum atomic E-state index is 4.91. The molecule has 118 valence electrons. The van der Waals surface area contributed by atoms with E-state index in [9.17, 15) is 0 Å². The van der Waals surface area contributed by atoms with Crippen LogP contribution in [0.5, 0.6) is 0 Å². The number of nitrogens with one attached hydrogen (secondary N) is 1. The van der Waals surface area contributed by atoms with Crippen molar-refractivity contribution in [1.29, 1.82) is 0 Å². The summed E-state index contributed by atoms with van der Waals surface area (Å²) in [6.45, 7) is 8.70. The van der Waals surface area contributed by atoms with Gasteiger partial charge in [-0.15, -0.1) is 11.3 Å². The van der Waals surface area contributed by atoms with E-state index in [1.165, 1.54) is 55.9 Å². The summed E-state index contributed by atoms with van der Waals surface area (Å²) in [6, 6.07) is 0.766. The maximum Gasteiger partial charge on any atom is 0.185 e. The monoisotopic (exact) mass is 307 g/mol. The topological polar surface area (TPSA) is 28.2 Å². The van der Waals surface area contributed by atoms with Gasteiger partial charge in [-0.3, -0.25) is 0 Å². The van der Waals surface area contributed by atoms with Crippen LogP contribution in [0.2, 0.25) is 0 Å². The lowest BCUT2D eigenvalue weighted by molar-refractivity contribution is 0.243. The first-order valence-corrected chi connectivity index (χ1v) is 9.37. The zero-order valence-electron chi connectivity index (χ0n) is 13.7. The number of anilines is 1. The Labute approximate surface area is 133 Å². The molecule has 0 radical (unpaired) electrons. The lowest BCUT2D eigenvalue weighted by Gasteiger charge is -2.44. The normalized spacial score (nSPS) is 26.7. The molecule has 1 aliphatic carbocycles. The first-order valence-electron chi connectivity index (χ1n) is 8.49. The quantitative estimate of drug-likeness (QED) is 0.907. The van der Waals surface area contributed by atoms with Gasteiger partial charge in [-0.25, -0.2) is 4.98 Å². The smallest absolute Gasteiger partial charge is 0.185 e. The second kappa shape index (κ2) is 6.25. The Bertz CT molecular complexity index is 461. The van der Waals surface area contributed by atoms with Crippen LogP contribution in [0.4, 0.5) is 5.13 Å². The van der Waals surface area contributed by atoms with Gasteiger partial charge in [0.05, 0.1) is 5.69 Å². The first kappa shape index (κ1) is 15.3. The molecule has 1 N–H and O–H groups in total. The second-order valence-electron chi connectivity index (χ2n) is 7.67.